The molecule has 0 aromatic carbocycles. The highest BCUT2D eigenvalue weighted by molar-refractivity contribution is 5.76. The molecule has 0 aliphatic heterocycles. The highest BCUT2D eigenvalue weighted by Crippen LogP contribution is 2.11. The van der Waals surface area contributed by atoms with Crippen LogP contribution >= 0.6 is 0 Å². The van der Waals surface area contributed by atoms with Crippen molar-refractivity contribution >= 4 is 5.97 Å². The quantitative estimate of drug-likeness (QED) is 0.125. The number of nitrogens with one attached hydrogen (secondary N) is 2. The number of hydrogen-bond acceptors (Lipinski definition) is 9. The van der Waals surface area contributed by atoms with Crippen molar-refractivity contribution in [1.82, 2.24) is 10.6 Å². The number of rotatable bonds is 13. The lowest BCUT2D eigenvalue weighted by Gasteiger charge is -2.24. The topological polar surface area (TPSA) is 152 Å². The number of aliphatic hydroxyl groups is 5. The van der Waals surface area contributed by atoms with E-state index in [1.807, 2.05) is 27.7 Å². The monoisotopic (exact) mass is 392 g/mol. The number of carbonyl (C=O) groups excluding carboxylic acids is 1. The van der Waals surface area contributed by atoms with Gasteiger partial charge in [-0.25, -0.2) is 0 Å². The molecule has 0 saturated heterocycles. The maximum absolute atomic E-state index is 12.1. The molecule has 0 radical (unpaired) electrons. The van der Waals surface area contributed by atoms with E-state index in [0.717, 1.165) is 12.6 Å². The number of hydrogen-bond donors (Lipinski definition) is 7. The Morgan fingerprint density at radius 1 is 1.19 bits per heavy atom. The number of ether oxygens (including phenoxy) is 1. The van der Waals surface area contributed by atoms with E-state index in [1.165, 1.54) is 0 Å². The normalized spacial score (nSPS) is 17.1. The molecule has 0 aromatic rings. The fourth-order valence-electron chi connectivity index (χ4n) is 2.25. The first-order chi connectivity index (χ1) is 12.5. The largest absolute Gasteiger partial charge is 0.508 e. The van der Waals surface area contributed by atoms with Crippen LogP contribution in [0.2, 0.25) is 0 Å². The van der Waals surface area contributed by atoms with E-state index in [4.69, 9.17) is 9.84 Å². The van der Waals surface area contributed by atoms with Crippen LogP contribution in [0.1, 0.15) is 47.0 Å². The van der Waals surface area contributed by atoms with E-state index in [0.29, 0.717) is 25.9 Å². The molecule has 7 N–H and O–H groups in total. The van der Waals surface area contributed by atoms with Crippen LogP contribution in [-0.4, -0.2) is 81.2 Å². The molecule has 0 spiro atoms. The Labute approximate surface area is 161 Å². The van der Waals surface area contributed by atoms with E-state index in [-0.39, 0.29) is 12.0 Å². The number of unbranched alkanes of at least 4 members (excludes halogenated alkanes) is 1. The molecule has 9 nitrogen and oxygen atoms in total. The van der Waals surface area contributed by atoms with E-state index < -0.39 is 36.3 Å². The minimum atomic E-state index is -1.70. The van der Waals surface area contributed by atoms with Gasteiger partial charge in [0.25, 0.3) is 0 Å². The van der Waals surface area contributed by atoms with Gasteiger partial charge in [-0.1, -0.05) is 6.92 Å². The Balaban J connectivity index is 4.26. The van der Waals surface area contributed by atoms with E-state index in [9.17, 15) is 25.2 Å². The van der Waals surface area contributed by atoms with Crippen molar-refractivity contribution in [2.45, 2.75) is 76.9 Å². The highest BCUT2D eigenvalue weighted by atomic mass is 16.6. The average molecular weight is 392 g/mol. The van der Waals surface area contributed by atoms with Gasteiger partial charge in [-0.2, -0.15) is 0 Å². The Hall–Kier alpha value is -1.39. The van der Waals surface area contributed by atoms with Crippen molar-refractivity contribution in [2.24, 2.45) is 0 Å². The predicted octanol–water partition coefficient (Wildman–Crippen LogP) is -0.459. The van der Waals surface area contributed by atoms with Crippen LogP contribution in [-0.2, 0) is 9.53 Å². The lowest BCUT2D eigenvalue weighted by atomic mass is 10.1. The highest BCUT2D eigenvalue weighted by Gasteiger charge is 2.27. The minimum Gasteiger partial charge on any atom is -0.508 e. The van der Waals surface area contributed by atoms with E-state index in [1.54, 1.807) is 0 Å². The summed E-state index contributed by atoms with van der Waals surface area (Å²) in [5.74, 6) is -0.830. The molecule has 0 rings (SSSR count). The second-order valence-corrected chi connectivity index (χ2v) is 7.35. The standard InChI is InChI=1S/C18H36N2O7/c1-5-20-12(17(26)27-18(2,3)4)8-6-7-9-19-10-13(22)15(24)16(25)14(23)11-21/h10,12,14-16,19-25H,5-9,11H2,1-4H3/b13-10-. The van der Waals surface area contributed by atoms with Crippen LogP contribution in [0.25, 0.3) is 0 Å². The first kappa shape index (κ1) is 25.6. The zero-order chi connectivity index (χ0) is 21.0. The van der Waals surface area contributed by atoms with Crippen molar-refractivity contribution in [3.63, 3.8) is 0 Å². The molecule has 0 aliphatic carbocycles. The number of likely N-dealkylation sites (N-methyl/N-ethyl adjacent to an activating group) is 1. The minimum absolute atomic E-state index is 0.283. The van der Waals surface area contributed by atoms with Gasteiger partial charge in [0.2, 0.25) is 0 Å². The molecule has 0 saturated carbocycles. The molecule has 160 valence electrons. The molecule has 9 heteroatoms. The molecule has 0 heterocycles. The molecule has 0 bridgehead atoms. The van der Waals surface area contributed by atoms with Crippen molar-refractivity contribution in [1.29, 1.82) is 0 Å². The molecule has 0 aromatic heterocycles. The molecular formula is C18H36N2O7. The average Bonchev–Trinajstić information content (AvgIpc) is 2.59. The van der Waals surface area contributed by atoms with Gasteiger partial charge in [-0.15, -0.1) is 0 Å². The summed E-state index contributed by atoms with van der Waals surface area (Å²) in [5.41, 5.74) is -0.538. The maximum Gasteiger partial charge on any atom is 0.323 e. The van der Waals surface area contributed by atoms with Crippen LogP contribution in [0.3, 0.4) is 0 Å². The summed E-state index contributed by atoms with van der Waals surface area (Å²) in [4.78, 5) is 12.1. The first-order valence-corrected chi connectivity index (χ1v) is 9.27. The third-order valence-corrected chi connectivity index (χ3v) is 3.66. The Morgan fingerprint density at radius 3 is 2.33 bits per heavy atom. The second-order valence-electron chi connectivity index (χ2n) is 7.35. The van der Waals surface area contributed by atoms with Gasteiger partial charge >= 0.3 is 5.97 Å². The summed E-state index contributed by atoms with van der Waals surface area (Å²) < 4.78 is 5.39. The Morgan fingerprint density at radius 2 is 1.81 bits per heavy atom. The van der Waals surface area contributed by atoms with Crippen LogP contribution < -0.4 is 10.6 Å². The van der Waals surface area contributed by atoms with Crippen molar-refractivity contribution in [3.05, 3.63) is 12.0 Å². The third kappa shape index (κ3) is 11.1. The molecule has 4 atom stereocenters. The van der Waals surface area contributed by atoms with Crippen LogP contribution in [0, 0.1) is 0 Å². The summed E-state index contributed by atoms with van der Waals surface area (Å²) in [6.07, 6.45) is -1.78. The van der Waals surface area contributed by atoms with Gasteiger partial charge < -0.3 is 40.9 Å². The summed E-state index contributed by atoms with van der Waals surface area (Å²) in [6.45, 7) is 7.77. The molecular weight excluding hydrogens is 356 g/mol. The molecule has 27 heavy (non-hydrogen) atoms. The van der Waals surface area contributed by atoms with Gasteiger partial charge in [0.1, 0.15) is 35.7 Å². The third-order valence-electron chi connectivity index (χ3n) is 3.66. The van der Waals surface area contributed by atoms with Crippen LogP contribution in [0.5, 0.6) is 0 Å². The van der Waals surface area contributed by atoms with Crippen molar-refractivity contribution < 1.29 is 35.1 Å². The zero-order valence-corrected chi connectivity index (χ0v) is 16.7. The lowest BCUT2D eigenvalue weighted by Crippen LogP contribution is -2.41. The lowest BCUT2D eigenvalue weighted by molar-refractivity contribution is -0.157. The fourth-order valence-corrected chi connectivity index (χ4v) is 2.25. The SMILES string of the molecule is CCNC(CCCCN/C=C(\O)C(O)C(O)C(O)CO)C(=O)OC(C)(C)C. The van der Waals surface area contributed by atoms with Gasteiger partial charge in [-0.05, 0) is 46.6 Å². The maximum atomic E-state index is 12.1. The summed E-state index contributed by atoms with van der Waals surface area (Å²) in [6, 6.07) is -0.380. The predicted molar refractivity (Wildman–Crippen MR) is 101 cm³/mol. The molecule has 0 amide bonds. The fraction of sp³-hybridized carbons (Fsp3) is 0.833. The number of aliphatic hydroxyl groups excluding tert-OH is 5. The van der Waals surface area contributed by atoms with Crippen molar-refractivity contribution in [3.8, 4) is 0 Å². The molecule has 0 fully saturated rings. The van der Waals surface area contributed by atoms with Gasteiger partial charge in [0, 0.05) is 12.7 Å². The van der Waals surface area contributed by atoms with E-state index in [2.05, 4.69) is 10.6 Å². The van der Waals surface area contributed by atoms with Gasteiger partial charge in [0.15, 0.2) is 0 Å². The van der Waals surface area contributed by atoms with Gasteiger partial charge in [0.05, 0.1) is 6.61 Å². The number of carbonyl (C=O) groups is 1. The summed E-state index contributed by atoms with van der Waals surface area (Å²) in [5, 5.41) is 52.6. The Kier molecular flexibility index (Phi) is 12.2. The summed E-state index contributed by atoms with van der Waals surface area (Å²) >= 11 is 0. The first-order valence-electron chi connectivity index (χ1n) is 9.27. The van der Waals surface area contributed by atoms with Crippen LogP contribution in [0.15, 0.2) is 12.0 Å². The summed E-state index contributed by atoms with van der Waals surface area (Å²) in [7, 11) is 0. The molecule has 0 aliphatic rings. The van der Waals surface area contributed by atoms with Crippen molar-refractivity contribution in [2.75, 3.05) is 19.7 Å². The number of esters is 1. The van der Waals surface area contributed by atoms with Gasteiger partial charge in [-0.3, -0.25) is 4.79 Å². The Bertz CT molecular complexity index is 451. The zero-order valence-electron chi connectivity index (χ0n) is 16.7. The second kappa shape index (κ2) is 12.9. The van der Waals surface area contributed by atoms with Crippen LogP contribution in [0.4, 0.5) is 0 Å². The van der Waals surface area contributed by atoms with E-state index >= 15 is 0 Å². The molecule has 4 unspecified atom stereocenters. The smallest absolute Gasteiger partial charge is 0.323 e.